The molecule has 2 aromatic heterocycles. The Balaban J connectivity index is 1.47. The van der Waals surface area contributed by atoms with Crippen molar-refractivity contribution in [1.29, 1.82) is 5.26 Å². The molecule has 0 fully saturated rings. The first-order chi connectivity index (χ1) is 16.4. The molecule has 1 aliphatic heterocycles. The lowest BCUT2D eigenvalue weighted by Gasteiger charge is -2.30. The minimum Gasteiger partial charge on any atom is -0.306 e. The Bertz CT molecular complexity index is 1440. The molecule has 4 aromatic rings. The summed E-state index contributed by atoms with van der Waals surface area (Å²) in [4.78, 5) is 8.88. The van der Waals surface area contributed by atoms with Gasteiger partial charge in [0, 0.05) is 24.5 Å². The fourth-order valence-corrected chi connectivity index (χ4v) is 4.55. The van der Waals surface area contributed by atoms with Crippen molar-refractivity contribution >= 4 is 12.2 Å². The van der Waals surface area contributed by atoms with Gasteiger partial charge in [-0.05, 0) is 73.7 Å². The Labute approximate surface area is 195 Å². The van der Waals surface area contributed by atoms with E-state index in [4.69, 9.17) is 0 Å². The standard InChI is InChI=1S/C26H22F2N6/c1-17-10-19(4-6-23(17)33-14-18(2)30-16-33)5-7-24-31-25-26(15-29,8-3-9-34(25)32-24)20-11-21(27)13-22(28)12-20/h4-7,10-14,16H,3,8-9H2,1-2H3/b7-5+/t26-/m0/s1. The van der Waals surface area contributed by atoms with Gasteiger partial charge in [0.2, 0.25) is 0 Å². The highest BCUT2D eigenvalue weighted by Crippen LogP contribution is 2.39. The van der Waals surface area contributed by atoms with Crippen molar-refractivity contribution < 1.29 is 8.78 Å². The first-order valence-corrected chi connectivity index (χ1v) is 11.0. The van der Waals surface area contributed by atoms with Crippen molar-refractivity contribution in [3.8, 4) is 11.8 Å². The third-order valence-corrected chi connectivity index (χ3v) is 6.17. The third-order valence-electron chi connectivity index (χ3n) is 6.17. The summed E-state index contributed by atoms with van der Waals surface area (Å²) in [6.07, 6.45) is 8.53. The molecule has 170 valence electrons. The van der Waals surface area contributed by atoms with Crippen LogP contribution in [0.1, 0.15) is 46.9 Å². The number of rotatable bonds is 4. The summed E-state index contributed by atoms with van der Waals surface area (Å²) in [5.41, 5.74) is 3.08. The topological polar surface area (TPSA) is 72.3 Å². The summed E-state index contributed by atoms with van der Waals surface area (Å²) in [6.45, 7) is 4.58. The van der Waals surface area contributed by atoms with Gasteiger partial charge >= 0.3 is 0 Å². The molecule has 1 atom stereocenters. The average molecular weight is 457 g/mol. The summed E-state index contributed by atoms with van der Waals surface area (Å²) >= 11 is 0. The van der Waals surface area contributed by atoms with Gasteiger partial charge in [-0.3, -0.25) is 0 Å². The molecule has 0 N–H and O–H groups in total. The van der Waals surface area contributed by atoms with E-state index in [0.29, 0.717) is 31.0 Å². The Morgan fingerprint density at radius 2 is 1.88 bits per heavy atom. The molecular formula is C26H22F2N6. The van der Waals surface area contributed by atoms with Crippen LogP contribution in [-0.2, 0) is 12.0 Å². The molecule has 0 saturated carbocycles. The molecule has 8 heteroatoms. The van der Waals surface area contributed by atoms with E-state index < -0.39 is 17.0 Å². The van der Waals surface area contributed by atoms with Crippen LogP contribution in [0, 0.1) is 36.8 Å². The number of nitriles is 1. The highest BCUT2D eigenvalue weighted by atomic mass is 19.1. The minimum atomic E-state index is -1.25. The van der Waals surface area contributed by atoms with Crippen LogP contribution in [0.15, 0.2) is 48.9 Å². The van der Waals surface area contributed by atoms with Crippen LogP contribution in [-0.4, -0.2) is 24.3 Å². The summed E-state index contributed by atoms with van der Waals surface area (Å²) in [7, 11) is 0. The molecule has 3 heterocycles. The summed E-state index contributed by atoms with van der Waals surface area (Å²) in [5, 5.41) is 14.6. The van der Waals surface area contributed by atoms with Gasteiger partial charge in [-0.2, -0.15) is 10.4 Å². The molecule has 6 nitrogen and oxygen atoms in total. The van der Waals surface area contributed by atoms with Crippen molar-refractivity contribution in [2.75, 3.05) is 0 Å². The van der Waals surface area contributed by atoms with Gasteiger partial charge < -0.3 is 4.57 Å². The monoisotopic (exact) mass is 456 g/mol. The summed E-state index contributed by atoms with van der Waals surface area (Å²) in [5.74, 6) is -0.578. The van der Waals surface area contributed by atoms with Crippen LogP contribution in [0.25, 0.3) is 17.8 Å². The first-order valence-electron chi connectivity index (χ1n) is 11.0. The van der Waals surface area contributed by atoms with Gasteiger partial charge in [0.05, 0.1) is 18.1 Å². The second-order valence-electron chi connectivity index (χ2n) is 8.60. The minimum absolute atomic E-state index is 0.261. The number of hydrogen-bond acceptors (Lipinski definition) is 4. The van der Waals surface area contributed by atoms with E-state index in [1.165, 1.54) is 12.1 Å². The maximum Gasteiger partial charge on any atom is 0.174 e. The largest absolute Gasteiger partial charge is 0.306 e. The van der Waals surface area contributed by atoms with Gasteiger partial charge in [0.25, 0.3) is 0 Å². The van der Waals surface area contributed by atoms with Gasteiger partial charge in [0.1, 0.15) is 17.0 Å². The van der Waals surface area contributed by atoms with Crippen LogP contribution in [0.3, 0.4) is 0 Å². The van der Waals surface area contributed by atoms with E-state index in [2.05, 4.69) is 27.2 Å². The Morgan fingerprint density at radius 1 is 1.09 bits per heavy atom. The molecule has 0 amide bonds. The Hall–Kier alpha value is -4.12. The van der Waals surface area contributed by atoms with E-state index in [-0.39, 0.29) is 5.56 Å². The van der Waals surface area contributed by atoms with E-state index in [0.717, 1.165) is 28.6 Å². The molecule has 0 aliphatic carbocycles. The molecule has 0 unspecified atom stereocenters. The molecule has 0 bridgehead atoms. The fraction of sp³-hybridized carbons (Fsp3) is 0.231. The first kappa shape index (κ1) is 21.7. The average Bonchev–Trinajstić information content (AvgIpc) is 3.43. The fourth-order valence-electron chi connectivity index (χ4n) is 4.55. The van der Waals surface area contributed by atoms with E-state index in [9.17, 15) is 14.0 Å². The van der Waals surface area contributed by atoms with Crippen molar-refractivity contribution in [3.05, 3.63) is 94.6 Å². The summed E-state index contributed by atoms with van der Waals surface area (Å²) < 4.78 is 31.5. The Kier molecular flexibility index (Phi) is 5.33. The van der Waals surface area contributed by atoms with Crippen LogP contribution in [0.5, 0.6) is 0 Å². The van der Waals surface area contributed by atoms with Crippen molar-refractivity contribution in [2.45, 2.75) is 38.6 Å². The predicted octanol–water partition coefficient (Wildman–Crippen LogP) is 5.13. The quantitative estimate of drug-likeness (QED) is 0.427. The number of aromatic nitrogens is 5. The second kappa shape index (κ2) is 8.34. The molecule has 0 spiro atoms. The molecule has 1 aliphatic rings. The lowest BCUT2D eigenvalue weighted by atomic mass is 9.75. The van der Waals surface area contributed by atoms with E-state index >= 15 is 0 Å². The number of benzene rings is 2. The SMILES string of the molecule is Cc1cn(-c2ccc(/C=C/c3nc4n(n3)CCC[C@]4(C#N)c3cc(F)cc(F)c3)cc2C)cn1. The van der Waals surface area contributed by atoms with E-state index in [1.807, 2.05) is 42.8 Å². The van der Waals surface area contributed by atoms with Crippen molar-refractivity contribution in [2.24, 2.45) is 0 Å². The van der Waals surface area contributed by atoms with Crippen molar-refractivity contribution in [1.82, 2.24) is 24.3 Å². The predicted molar refractivity (Wildman–Crippen MR) is 124 cm³/mol. The van der Waals surface area contributed by atoms with Crippen LogP contribution in [0.4, 0.5) is 8.78 Å². The van der Waals surface area contributed by atoms with Gasteiger partial charge in [-0.15, -0.1) is 0 Å². The highest BCUT2D eigenvalue weighted by Gasteiger charge is 2.42. The number of halogens is 2. The molecule has 5 rings (SSSR count). The maximum absolute atomic E-state index is 13.9. The van der Waals surface area contributed by atoms with Gasteiger partial charge in [-0.1, -0.05) is 12.1 Å². The summed E-state index contributed by atoms with van der Waals surface area (Å²) in [6, 6.07) is 11.6. The van der Waals surface area contributed by atoms with Crippen LogP contribution >= 0.6 is 0 Å². The van der Waals surface area contributed by atoms with Gasteiger partial charge in [0.15, 0.2) is 11.6 Å². The number of nitrogens with zero attached hydrogens (tertiary/aromatic N) is 6. The van der Waals surface area contributed by atoms with Crippen LogP contribution < -0.4 is 0 Å². The molecule has 2 aromatic carbocycles. The zero-order valence-electron chi connectivity index (χ0n) is 18.8. The lowest BCUT2D eigenvalue weighted by molar-refractivity contribution is 0.390. The molecule has 34 heavy (non-hydrogen) atoms. The lowest BCUT2D eigenvalue weighted by Crippen LogP contribution is -2.34. The van der Waals surface area contributed by atoms with Crippen LogP contribution in [0.2, 0.25) is 0 Å². The van der Waals surface area contributed by atoms with Crippen molar-refractivity contribution in [3.63, 3.8) is 0 Å². The third kappa shape index (κ3) is 3.79. The zero-order chi connectivity index (χ0) is 23.9. The molecule has 0 radical (unpaired) electrons. The number of aryl methyl sites for hydroxylation is 3. The Morgan fingerprint density at radius 3 is 2.56 bits per heavy atom. The second-order valence-corrected chi connectivity index (χ2v) is 8.60. The smallest absolute Gasteiger partial charge is 0.174 e. The number of hydrogen-bond donors (Lipinski definition) is 0. The number of imidazole rings is 1. The van der Waals surface area contributed by atoms with E-state index in [1.54, 1.807) is 17.1 Å². The molecule has 0 saturated heterocycles. The normalized spacial score (nSPS) is 17.6. The zero-order valence-corrected chi connectivity index (χ0v) is 18.8. The van der Waals surface area contributed by atoms with Gasteiger partial charge in [-0.25, -0.2) is 23.4 Å². The maximum atomic E-state index is 13.9. The number of fused-ring (bicyclic) bond motifs is 1. The molecular weight excluding hydrogens is 434 g/mol. The highest BCUT2D eigenvalue weighted by molar-refractivity contribution is 5.68.